The van der Waals surface area contributed by atoms with Crippen molar-refractivity contribution in [3.8, 4) is 11.1 Å². The fourth-order valence-electron chi connectivity index (χ4n) is 7.67. The van der Waals surface area contributed by atoms with E-state index in [1.165, 1.54) is 21.5 Å². The molecule has 0 saturated carbocycles. The molecule has 8 aromatic carbocycles. The highest BCUT2D eigenvalue weighted by atomic mass is 16.3. The van der Waals surface area contributed by atoms with Crippen LogP contribution < -0.4 is 0 Å². The molecule has 10 rings (SSSR count). The van der Waals surface area contributed by atoms with Crippen LogP contribution in [0.2, 0.25) is 0 Å². The van der Waals surface area contributed by atoms with E-state index < -0.39 is 0 Å². The third-order valence-electron chi connectivity index (χ3n) is 10.1. The molecule has 2 heterocycles. The van der Waals surface area contributed by atoms with Crippen molar-refractivity contribution in [1.29, 1.82) is 0 Å². The molecule has 2 aromatic heterocycles. The van der Waals surface area contributed by atoms with Crippen molar-refractivity contribution < 1.29 is 8.83 Å². The lowest BCUT2D eigenvalue weighted by Gasteiger charge is -2.11. The predicted molar refractivity (Wildman–Crippen MR) is 221 cm³/mol. The van der Waals surface area contributed by atoms with E-state index in [1.807, 2.05) is 72.8 Å². The van der Waals surface area contributed by atoms with E-state index >= 15 is 0 Å². The van der Waals surface area contributed by atoms with E-state index in [0.717, 1.165) is 71.7 Å². The van der Waals surface area contributed by atoms with Gasteiger partial charge in [0.05, 0.1) is 6.54 Å². The minimum Gasteiger partial charge on any atom is -0.456 e. The largest absolute Gasteiger partial charge is 0.456 e. The second-order valence-corrected chi connectivity index (χ2v) is 13.2. The molecule has 0 fully saturated rings. The van der Waals surface area contributed by atoms with Crippen LogP contribution in [0.25, 0.3) is 76.5 Å². The first kappa shape index (κ1) is 30.7. The molecule has 10 aromatic rings. The van der Waals surface area contributed by atoms with E-state index in [4.69, 9.17) is 18.8 Å². The Morgan fingerprint density at radius 3 is 2.00 bits per heavy atom. The molecule has 0 amide bonds. The predicted octanol–water partition coefficient (Wildman–Crippen LogP) is 12.6. The Balaban J connectivity index is 1.21. The van der Waals surface area contributed by atoms with Gasteiger partial charge < -0.3 is 8.83 Å². The summed E-state index contributed by atoms with van der Waals surface area (Å²) >= 11 is 0. The Hall–Kier alpha value is -7.11. The number of amidine groups is 2. The lowest BCUT2D eigenvalue weighted by atomic mass is 9.95. The molecule has 0 saturated heterocycles. The summed E-state index contributed by atoms with van der Waals surface area (Å²) in [6.45, 7) is 4.32. The number of hydrogen-bond acceptors (Lipinski definition) is 3. The monoisotopic (exact) mass is 681 g/mol. The van der Waals surface area contributed by atoms with Crippen LogP contribution in [0.5, 0.6) is 0 Å². The molecule has 250 valence electrons. The minimum absolute atomic E-state index is 0.409. The maximum Gasteiger partial charge on any atom is 0.161 e. The van der Waals surface area contributed by atoms with Crippen LogP contribution in [0, 0.1) is 0 Å². The fourth-order valence-corrected chi connectivity index (χ4v) is 7.67. The zero-order valence-corrected chi connectivity index (χ0v) is 28.7. The van der Waals surface area contributed by atoms with Gasteiger partial charge in [0.1, 0.15) is 22.3 Å². The first-order valence-corrected chi connectivity index (χ1v) is 17.6. The van der Waals surface area contributed by atoms with Crippen LogP contribution in [0.4, 0.5) is 0 Å². The quantitative estimate of drug-likeness (QED) is 0.103. The van der Waals surface area contributed by atoms with Crippen LogP contribution in [0.1, 0.15) is 16.7 Å². The van der Waals surface area contributed by atoms with Crippen molar-refractivity contribution in [2.75, 3.05) is 0 Å². The van der Waals surface area contributed by atoms with E-state index in [2.05, 4.69) is 103 Å². The molecule has 0 radical (unpaired) electrons. The molecule has 5 nitrogen and oxygen atoms in total. The summed E-state index contributed by atoms with van der Waals surface area (Å²) in [6, 6.07) is 56.1. The lowest BCUT2D eigenvalue weighted by Crippen LogP contribution is -2.06. The SMILES string of the molecule is C=N/C(=N\C(=N/Cc1cc2ccccc2c2ccccc12)c1cccc2oc3cccc(-c4ccc5oc6ccccc6c5c4)c3c12)c1ccccc1. The van der Waals surface area contributed by atoms with Gasteiger partial charge in [-0.05, 0) is 81.4 Å². The van der Waals surface area contributed by atoms with Crippen molar-refractivity contribution in [2.24, 2.45) is 15.0 Å². The normalized spacial score (nSPS) is 12.5. The zero-order valence-electron chi connectivity index (χ0n) is 28.7. The highest BCUT2D eigenvalue weighted by molar-refractivity contribution is 6.24. The molecule has 0 aliphatic heterocycles. The van der Waals surface area contributed by atoms with E-state index in [-0.39, 0.29) is 0 Å². The molecular weight excluding hydrogens is 651 g/mol. The number of para-hydroxylation sites is 1. The number of nitrogens with zero attached hydrogens (tertiary/aromatic N) is 3. The van der Waals surface area contributed by atoms with Gasteiger partial charge in [-0.3, -0.25) is 4.99 Å². The Morgan fingerprint density at radius 2 is 1.15 bits per heavy atom. The van der Waals surface area contributed by atoms with Crippen molar-refractivity contribution in [2.45, 2.75) is 6.54 Å². The van der Waals surface area contributed by atoms with Crippen molar-refractivity contribution in [1.82, 2.24) is 0 Å². The number of fused-ring (bicyclic) bond motifs is 9. The van der Waals surface area contributed by atoms with Crippen LogP contribution in [0.3, 0.4) is 0 Å². The Kier molecular flexibility index (Phi) is 7.29. The third-order valence-corrected chi connectivity index (χ3v) is 10.1. The first-order chi connectivity index (χ1) is 26.2. The van der Waals surface area contributed by atoms with Crippen LogP contribution in [-0.4, -0.2) is 18.4 Å². The smallest absolute Gasteiger partial charge is 0.161 e. The average Bonchev–Trinajstić information content (AvgIpc) is 3.80. The molecular formula is C48H31N3O2. The number of benzene rings is 8. The molecule has 0 atom stereocenters. The minimum atomic E-state index is 0.409. The molecule has 0 aliphatic rings. The molecule has 0 N–H and O–H groups in total. The lowest BCUT2D eigenvalue weighted by molar-refractivity contribution is 0.669. The van der Waals surface area contributed by atoms with Gasteiger partial charge in [0.2, 0.25) is 0 Å². The first-order valence-electron chi connectivity index (χ1n) is 17.6. The van der Waals surface area contributed by atoms with Gasteiger partial charge in [-0.2, -0.15) is 0 Å². The second-order valence-electron chi connectivity index (χ2n) is 13.2. The van der Waals surface area contributed by atoms with Gasteiger partial charge in [-0.25, -0.2) is 9.98 Å². The molecule has 5 heteroatoms. The number of aliphatic imine (C=N–C) groups is 3. The summed E-state index contributed by atoms with van der Waals surface area (Å²) in [6.07, 6.45) is 0. The van der Waals surface area contributed by atoms with Gasteiger partial charge in [0.25, 0.3) is 0 Å². The average molecular weight is 682 g/mol. The van der Waals surface area contributed by atoms with Gasteiger partial charge in [-0.15, -0.1) is 0 Å². The summed E-state index contributed by atoms with van der Waals surface area (Å²) in [5, 5.41) is 8.86. The van der Waals surface area contributed by atoms with Gasteiger partial charge >= 0.3 is 0 Å². The standard InChI is InChI=1S/C48H31N3O2/c1-49-47(30-13-3-2-4-14-30)51-48(50-29-33-27-31-15-5-6-16-34(31)37-18-8-7-17-35(33)37)39-21-12-24-44-46(39)45-36(20-11-23-43(45)53-44)32-25-26-42-40(28-32)38-19-9-10-22-41(38)52-42/h2-28H,1,29H2/b50-48-,51-47-. The summed E-state index contributed by atoms with van der Waals surface area (Å²) in [7, 11) is 0. The maximum atomic E-state index is 6.57. The van der Waals surface area contributed by atoms with Crippen LogP contribution in [-0.2, 0) is 6.54 Å². The summed E-state index contributed by atoms with van der Waals surface area (Å²) in [4.78, 5) is 14.9. The maximum absolute atomic E-state index is 6.57. The Morgan fingerprint density at radius 1 is 0.491 bits per heavy atom. The van der Waals surface area contributed by atoms with E-state index in [0.29, 0.717) is 18.2 Å². The molecule has 0 spiro atoms. The molecule has 0 unspecified atom stereocenters. The number of rotatable bonds is 5. The Bertz CT molecular complexity index is 3110. The molecule has 0 aliphatic carbocycles. The highest BCUT2D eigenvalue weighted by Gasteiger charge is 2.20. The Labute approximate surface area is 304 Å². The van der Waals surface area contributed by atoms with Crippen molar-refractivity contribution >= 4 is 83.8 Å². The zero-order chi connectivity index (χ0) is 35.3. The van der Waals surface area contributed by atoms with Gasteiger partial charge in [0.15, 0.2) is 11.7 Å². The van der Waals surface area contributed by atoms with Crippen LogP contribution in [0.15, 0.2) is 188 Å². The van der Waals surface area contributed by atoms with E-state index in [1.54, 1.807) is 0 Å². The van der Waals surface area contributed by atoms with Crippen molar-refractivity contribution in [3.05, 3.63) is 180 Å². The third kappa shape index (κ3) is 5.21. The highest BCUT2D eigenvalue weighted by Crippen LogP contribution is 2.41. The summed E-state index contributed by atoms with van der Waals surface area (Å²) in [5.74, 6) is 1.04. The molecule has 0 bridgehead atoms. The second kappa shape index (κ2) is 12.6. The summed E-state index contributed by atoms with van der Waals surface area (Å²) < 4.78 is 12.7. The van der Waals surface area contributed by atoms with Gasteiger partial charge in [0, 0.05) is 32.7 Å². The molecule has 53 heavy (non-hydrogen) atoms. The van der Waals surface area contributed by atoms with Crippen LogP contribution >= 0.6 is 0 Å². The van der Waals surface area contributed by atoms with Crippen molar-refractivity contribution in [3.63, 3.8) is 0 Å². The van der Waals surface area contributed by atoms with E-state index in [9.17, 15) is 0 Å². The topological polar surface area (TPSA) is 63.4 Å². The number of furan rings is 2. The number of hydrogen-bond donors (Lipinski definition) is 0. The fraction of sp³-hybridized carbons (Fsp3) is 0.0208. The van der Waals surface area contributed by atoms with Gasteiger partial charge in [-0.1, -0.05) is 127 Å². The summed E-state index contributed by atoms with van der Waals surface area (Å²) in [5.41, 5.74) is 8.21.